The minimum absolute atomic E-state index is 0.191. The van der Waals surface area contributed by atoms with Gasteiger partial charge in [-0.2, -0.15) is 5.10 Å². The first-order valence-corrected chi connectivity index (χ1v) is 10.7. The maximum atomic E-state index is 12.6. The van der Waals surface area contributed by atoms with Crippen LogP contribution in [0.2, 0.25) is 5.02 Å². The average Bonchev–Trinajstić information content (AvgIpc) is 3.36. The van der Waals surface area contributed by atoms with Crippen molar-refractivity contribution in [3.8, 4) is 11.5 Å². The van der Waals surface area contributed by atoms with Crippen molar-refractivity contribution in [1.82, 2.24) is 20.1 Å². The Bertz CT molecular complexity index is 1190. The highest BCUT2D eigenvalue weighted by molar-refractivity contribution is 6.30. The van der Waals surface area contributed by atoms with Crippen molar-refractivity contribution in [3.63, 3.8) is 0 Å². The molecule has 3 aromatic carbocycles. The van der Waals surface area contributed by atoms with Gasteiger partial charge in [0.05, 0.1) is 13.7 Å². The molecule has 4 rings (SSSR count). The Kier molecular flexibility index (Phi) is 7.22. The Morgan fingerprint density at radius 1 is 0.970 bits per heavy atom. The predicted molar refractivity (Wildman–Crippen MR) is 126 cm³/mol. The Hall–Kier alpha value is -3.84. The van der Waals surface area contributed by atoms with Crippen LogP contribution >= 0.6 is 11.6 Å². The number of benzene rings is 3. The zero-order valence-corrected chi connectivity index (χ0v) is 18.8. The van der Waals surface area contributed by atoms with E-state index < -0.39 is 0 Å². The van der Waals surface area contributed by atoms with E-state index in [9.17, 15) is 4.79 Å². The first-order chi connectivity index (χ1) is 16.1. The number of nitrogens with one attached hydrogen (secondary N) is 1. The maximum absolute atomic E-state index is 12.6. The van der Waals surface area contributed by atoms with Crippen molar-refractivity contribution in [3.05, 3.63) is 107 Å². The van der Waals surface area contributed by atoms with E-state index in [2.05, 4.69) is 15.4 Å². The van der Waals surface area contributed by atoms with E-state index in [1.54, 1.807) is 36.3 Å². The summed E-state index contributed by atoms with van der Waals surface area (Å²) in [6.45, 7) is 1.43. The van der Waals surface area contributed by atoms with Gasteiger partial charge in [0.1, 0.15) is 19.3 Å². The number of carbonyl (C=O) groups is 1. The van der Waals surface area contributed by atoms with Crippen molar-refractivity contribution in [2.45, 2.75) is 19.7 Å². The van der Waals surface area contributed by atoms with Gasteiger partial charge in [-0.15, -0.1) is 0 Å². The molecule has 1 heterocycles. The molecule has 168 valence electrons. The summed E-state index contributed by atoms with van der Waals surface area (Å²) in [5, 5.41) is 7.72. The number of amides is 1. The highest BCUT2D eigenvalue weighted by atomic mass is 35.5. The summed E-state index contributed by atoms with van der Waals surface area (Å²) in [6.07, 6.45) is 3.19. The molecule has 1 N–H and O–H groups in total. The van der Waals surface area contributed by atoms with Gasteiger partial charge < -0.3 is 14.8 Å². The molecule has 0 atom stereocenters. The van der Waals surface area contributed by atoms with Crippen molar-refractivity contribution in [1.29, 1.82) is 0 Å². The molecule has 0 spiro atoms. The lowest BCUT2D eigenvalue weighted by molar-refractivity contribution is 0.0950. The van der Waals surface area contributed by atoms with E-state index in [-0.39, 0.29) is 5.91 Å². The summed E-state index contributed by atoms with van der Waals surface area (Å²) in [7, 11) is 1.55. The quantitative estimate of drug-likeness (QED) is 0.396. The van der Waals surface area contributed by atoms with Crippen LogP contribution in [0.15, 0.2) is 79.4 Å². The zero-order valence-electron chi connectivity index (χ0n) is 18.1. The summed E-state index contributed by atoms with van der Waals surface area (Å²) >= 11 is 5.92. The second kappa shape index (κ2) is 10.7. The summed E-state index contributed by atoms with van der Waals surface area (Å²) in [5.41, 5.74) is 3.58. The van der Waals surface area contributed by atoms with Gasteiger partial charge in [0.25, 0.3) is 5.91 Å². The standard InChI is InChI=1S/C25H23ClN4O3/c1-32-24-12-21(8-11-23(24)33-15-20-6-9-22(26)10-7-20)25(31)28-13-18-2-4-19(5-3-18)14-30-17-27-16-29-30/h2-12,16-17H,13-15H2,1H3,(H,28,31). The molecule has 4 aromatic rings. The molecule has 0 fully saturated rings. The second-order valence-corrected chi connectivity index (χ2v) is 7.81. The molecule has 0 aliphatic carbocycles. The van der Waals surface area contributed by atoms with E-state index in [0.29, 0.717) is 41.8 Å². The molecular formula is C25H23ClN4O3. The molecule has 0 bridgehead atoms. The van der Waals surface area contributed by atoms with Crippen LogP contribution in [0, 0.1) is 0 Å². The van der Waals surface area contributed by atoms with Crippen LogP contribution in [-0.4, -0.2) is 27.8 Å². The number of hydrogen-bond donors (Lipinski definition) is 1. The zero-order chi connectivity index (χ0) is 23.0. The van der Waals surface area contributed by atoms with Gasteiger partial charge in [0, 0.05) is 17.1 Å². The number of halogens is 1. The van der Waals surface area contributed by atoms with E-state index >= 15 is 0 Å². The highest BCUT2D eigenvalue weighted by Gasteiger charge is 2.12. The fourth-order valence-electron chi connectivity index (χ4n) is 3.22. The molecule has 8 heteroatoms. The number of hydrogen-bond acceptors (Lipinski definition) is 5. The van der Waals surface area contributed by atoms with Crippen LogP contribution in [-0.2, 0) is 19.7 Å². The van der Waals surface area contributed by atoms with Crippen LogP contribution < -0.4 is 14.8 Å². The lowest BCUT2D eigenvalue weighted by atomic mass is 10.1. The summed E-state index contributed by atoms with van der Waals surface area (Å²) in [4.78, 5) is 16.6. The molecule has 0 saturated carbocycles. The maximum Gasteiger partial charge on any atom is 0.251 e. The third kappa shape index (κ3) is 6.11. The lowest BCUT2D eigenvalue weighted by Gasteiger charge is -2.13. The summed E-state index contributed by atoms with van der Waals surface area (Å²) < 4.78 is 13.0. The van der Waals surface area contributed by atoms with Crippen molar-refractivity contribution in [2.75, 3.05) is 7.11 Å². The molecule has 1 aromatic heterocycles. The molecule has 0 unspecified atom stereocenters. The number of aromatic nitrogens is 3. The fourth-order valence-corrected chi connectivity index (χ4v) is 3.34. The highest BCUT2D eigenvalue weighted by Crippen LogP contribution is 2.29. The van der Waals surface area contributed by atoms with Crippen molar-refractivity contribution >= 4 is 17.5 Å². The molecular weight excluding hydrogens is 440 g/mol. The van der Waals surface area contributed by atoms with Gasteiger partial charge in [-0.25, -0.2) is 9.67 Å². The average molecular weight is 463 g/mol. The minimum atomic E-state index is -0.191. The van der Waals surface area contributed by atoms with E-state index in [4.69, 9.17) is 21.1 Å². The molecule has 0 aliphatic heterocycles. The molecule has 7 nitrogen and oxygen atoms in total. The van der Waals surface area contributed by atoms with Gasteiger partial charge >= 0.3 is 0 Å². The van der Waals surface area contributed by atoms with Crippen LogP contribution in [0.25, 0.3) is 0 Å². The predicted octanol–water partition coefficient (Wildman–Crippen LogP) is 4.50. The smallest absolute Gasteiger partial charge is 0.251 e. The van der Waals surface area contributed by atoms with Crippen LogP contribution in [0.5, 0.6) is 11.5 Å². The molecule has 0 aliphatic rings. The van der Waals surface area contributed by atoms with Gasteiger partial charge in [-0.1, -0.05) is 48.0 Å². The number of methoxy groups -OCH3 is 1. The topological polar surface area (TPSA) is 78.3 Å². The first kappa shape index (κ1) is 22.4. The SMILES string of the molecule is COc1cc(C(=O)NCc2ccc(Cn3cncn3)cc2)ccc1OCc1ccc(Cl)cc1. The monoisotopic (exact) mass is 462 g/mol. The Labute approximate surface area is 196 Å². The van der Waals surface area contributed by atoms with Gasteiger partial charge in [-0.3, -0.25) is 4.79 Å². The van der Waals surface area contributed by atoms with E-state index in [0.717, 1.165) is 16.7 Å². The fraction of sp³-hybridized carbons (Fsp3) is 0.160. The first-order valence-electron chi connectivity index (χ1n) is 10.3. The summed E-state index contributed by atoms with van der Waals surface area (Å²) in [5.74, 6) is 0.866. The Balaban J connectivity index is 1.33. The molecule has 1 amide bonds. The normalized spacial score (nSPS) is 10.6. The Morgan fingerprint density at radius 2 is 1.70 bits per heavy atom. The molecule has 33 heavy (non-hydrogen) atoms. The van der Waals surface area contributed by atoms with Crippen LogP contribution in [0.1, 0.15) is 27.0 Å². The molecule has 0 radical (unpaired) electrons. The van der Waals surface area contributed by atoms with E-state index in [1.165, 1.54) is 6.33 Å². The second-order valence-electron chi connectivity index (χ2n) is 7.37. The van der Waals surface area contributed by atoms with Crippen molar-refractivity contribution < 1.29 is 14.3 Å². The third-order valence-electron chi connectivity index (χ3n) is 5.02. The lowest BCUT2D eigenvalue weighted by Crippen LogP contribution is -2.22. The van der Waals surface area contributed by atoms with Gasteiger partial charge in [0.2, 0.25) is 0 Å². The van der Waals surface area contributed by atoms with Gasteiger partial charge in [0.15, 0.2) is 11.5 Å². The number of ether oxygens (including phenoxy) is 2. The van der Waals surface area contributed by atoms with Crippen molar-refractivity contribution in [2.24, 2.45) is 0 Å². The van der Waals surface area contributed by atoms with Crippen LogP contribution in [0.3, 0.4) is 0 Å². The third-order valence-corrected chi connectivity index (χ3v) is 5.27. The van der Waals surface area contributed by atoms with E-state index in [1.807, 2.05) is 48.5 Å². The number of carbonyl (C=O) groups excluding carboxylic acids is 1. The molecule has 0 saturated heterocycles. The largest absolute Gasteiger partial charge is 0.493 e. The minimum Gasteiger partial charge on any atom is -0.493 e. The van der Waals surface area contributed by atoms with Crippen LogP contribution in [0.4, 0.5) is 0 Å². The number of rotatable bonds is 9. The van der Waals surface area contributed by atoms with Gasteiger partial charge in [-0.05, 0) is 47.0 Å². The number of nitrogens with zero attached hydrogens (tertiary/aromatic N) is 3. The Morgan fingerprint density at radius 3 is 2.39 bits per heavy atom. The summed E-state index contributed by atoms with van der Waals surface area (Å²) in [6, 6.07) is 20.6.